The van der Waals surface area contributed by atoms with Crippen LogP contribution in [0.1, 0.15) is 10.5 Å². The number of carboxylic acids is 1. The number of fused-ring (bicyclic) bond motifs is 1. The maximum atomic E-state index is 10.1. The molecule has 0 bridgehead atoms. The van der Waals surface area contributed by atoms with Crippen LogP contribution in [0.5, 0.6) is 0 Å². The van der Waals surface area contributed by atoms with Crippen molar-refractivity contribution in [1.29, 1.82) is 0 Å². The standard InChI is InChI=1S/C20H13N2.C6H5NO2.Pt/c1-3-9-15(10-4-1)19-20(16-11-5-2-6-12-16)22-18-14-8-7-13-17(18)21-19;8-6(9)5-3-1-2-4-7-5;/h1-11,13-14H;1-4H,(H,8,9);/q-1;;. The Balaban J connectivity index is 0.000000246. The van der Waals surface area contributed by atoms with Gasteiger partial charge in [-0.3, -0.25) is 9.97 Å². The fraction of sp³-hybridized carbons (Fsp3) is 0. The molecule has 2 heterocycles. The number of nitrogens with zero attached hydrogens (tertiary/aromatic N) is 3. The zero-order valence-electron chi connectivity index (χ0n) is 16.8. The minimum absolute atomic E-state index is 0. The molecule has 32 heavy (non-hydrogen) atoms. The Hall–Kier alpha value is -3.69. The van der Waals surface area contributed by atoms with Crippen molar-refractivity contribution >= 4 is 17.0 Å². The number of para-hydroxylation sites is 2. The molecule has 0 saturated heterocycles. The molecule has 0 atom stereocenters. The van der Waals surface area contributed by atoms with Crippen LogP contribution in [0.4, 0.5) is 0 Å². The van der Waals surface area contributed by atoms with Crippen LogP contribution in [0.25, 0.3) is 33.5 Å². The van der Waals surface area contributed by atoms with Gasteiger partial charge in [0.15, 0.2) is 0 Å². The first kappa shape index (κ1) is 23.0. The quantitative estimate of drug-likeness (QED) is 0.276. The second-order valence-corrected chi connectivity index (χ2v) is 6.57. The smallest absolute Gasteiger partial charge is 0.354 e. The molecule has 1 N–H and O–H groups in total. The van der Waals surface area contributed by atoms with Crippen LogP contribution in [0.3, 0.4) is 0 Å². The molecule has 2 aromatic heterocycles. The monoisotopic (exact) mass is 599 g/mol. The van der Waals surface area contributed by atoms with Crippen LogP contribution in [0.2, 0.25) is 0 Å². The van der Waals surface area contributed by atoms with Crippen LogP contribution in [-0.2, 0) is 21.1 Å². The SMILES string of the molecule is O=C(O)c1ccccn1.[Pt].[c-]1ccccc1-c1nc2ccccc2nc1-c1ccccc1. The number of aromatic carboxylic acids is 1. The molecule has 0 aliphatic carbocycles. The molecule has 5 nitrogen and oxygen atoms in total. The van der Waals surface area contributed by atoms with Crippen molar-refractivity contribution < 1.29 is 31.0 Å². The van der Waals surface area contributed by atoms with Gasteiger partial charge in [0, 0.05) is 33.0 Å². The number of pyridine rings is 1. The predicted octanol–water partition coefficient (Wildman–Crippen LogP) is 5.54. The van der Waals surface area contributed by atoms with Crippen molar-refractivity contribution in [3.63, 3.8) is 0 Å². The molecule has 5 aromatic rings. The average Bonchev–Trinajstić information content (AvgIpc) is 2.85. The van der Waals surface area contributed by atoms with Crippen LogP contribution in [0, 0.1) is 6.07 Å². The molecule has 5 rings (SSSR count). The van der Waals surface area contributed by atoms with Gasteiger partial charge >= 0.3 is 5.97 Å². The largest absolute Gasteiger partial charge is 0.477 e. The van der Waals surface area contributed by atoms with Crippen molar-refractivity contribution in [3.05, 3.63) is 115 Å². The summed E-state index contributed by atoms with van der Waals surface area (Å²) in [4.78, 5) is 23.4. The van der Waals surface area contributed by atoms with E-state index in [0.29, 0.717) is 0 Å². The molecule has 0 amide bonds. The van der Waals surface area contributed by atoms with Crippen molar-refractivity contribution in [3.8, 4) is 22.5 Å². The van der Waals surface area contributed by atoms with Gasteiger partial charge in [0.1, 0.15) is 5.69 Å². The second kappa shape index (κ2) is 11.1. The van der Waals surface area contributed by atoms with E-state index in [-0.39, 0.29) is 26.8 Å². The van der Waals surface area contributed by atoms with Gasteiger partial charge in [-0.2, -0.15) is 0 Å². The molecule has 0 aliphatic rings. The zero-order chi connectivity index (χ0) is 21.5. The summed E-state index contributed by atoms with van der Waals surface area (Å²) in [6, 6.07) is 34.0. The van der Waals surface area contributed by atoms with E-state index in [1.165, 1.54) is 12.3 Å². The van der Waals surface area contributed by atoms with E-state index in [0.717, 1.165) is 33.5 Å². The fourth-order valence-corrected chi connectivity index (χ4v) is 3.02. The first-order valence-corrected chi connectivity index (χ1v) is 9.66. The summed E-state index contributed by atoms with van der Waals surface area (Å²) in [7, 11) is 0. The van der Waals surface area contributed by atoms with Crippen LogP contribution < -0.4 is 0 Å². The Morgan fingerprint density at radius 2 is 1.34 bits per heavy atom. The van der Waals surface area contributed by atoms with Crippen LogP contribution in [-0.4, -0.2) is 26.0 Å². The molecule has 0 unspecified atom stereocenters. The minimum atomic E-state index is -0.990. The maximum absolute atomic E-state index is 10.1. The number of rotatable bonds is 3. The third-order valence-electron chi connectivity index (χ3n) is 4.47. The predicted molar refractivity (Wildman–Crippen MR) is 120 cm³/mol. The number of benzene rings is 3. The first-order valence-electron chi connectivity index (χ1n) is 9.66. The van der Waals surface area contributed by atoms with E-state index in [9.17, 15) is 4.79 Å². The molecule has 160 valence electrons. The Morgan fingerprint density at radius 3 is 1.91 bits per heavy atom. The summed E-state index contributed by atoms with van der Waals surface area (Å²) in [6.45, 7) is 0. The maximum Gasteiger partial charge on any atom is 0.354 e. The summed E-state index contributed by atoms with van der Waals surface area (Å²) < 4.78 is 0. The fourth-order valence-electron chi connectivity index (χ4n) is 3.02. The van der Waals surface area contributed by atoms with E-state index in [1.54, 1.807) is 12.1 Å². The van der Waals surface area contributed by atoms with E-state index >= 15 is 0 Å². The Bertz CT molecular complexity index is 1220. The Labute approximate surface area is 200 Å². The molecular weight excluding hydrogens is 581 g/mol. The van der Waals surface area contributed by atoms with E-state index in [4.69, 9.17) is 15.1 Å². The molecule has 0 radical (unpaired) electrons. The van der Waals surface area contributed by atoms with E-state index in [2.05, 4.69) is 23.2 Å². The average molecular weight is 600 g/mol. The normalized spacial score (nSPS) is 9.88. The second-order valence-electron chi connectivity index (χ2n) is 6.57. The number of carbonyl (C=O) groups is 1. The van der Waals surface area contributed by atoms with Gasteiger partial charge in [-0.15, -0.1) is 35.9 Å². The van der Waals surface area contributed by atoms with Gasteiger partial charge in [-0.05, 0) is 29.8 Å². The van der Waals surface area contributed by atoms with Crippen molar-refractivity contribution in [1.82, 2.24) is 15.0 Å². The Kier molecular flexibility index (Phi) is 7.95. The Morgan fingerprint density at radius 1 is 0.719 bits per heavy atom. The molecule has 0 saturated carbocycles. The third kappa shape index (κ3) is 5.51. The zero-order valence-corrected chi connectivity index (χ0v) is 19.1. The first-order chi connectivity index (χ1) is 15.2. The summed E-state index contributed by atoms with van der Waals surface area (Å²) >= 11 is 0. The van der Waals surface area contributed by atoms with Crippen LogP contribution in [0.15, 0.2) is 103 Å². The van der Waals surface area contributed by atoms with E-state index in [1.807, 2.05) is 66.7 Å². The van der Waals surface area contributed by atoms with Crippen molar-refractivity contribution in [2.75, 3.05) is 0 Å². The van der Waals surface area contributed by atoms with Crippen molar-refractivity contribution in [2.24, 2.45) is 0 Å². The minimum Gasteiger partial charge on any atom is -0.477 e. The number of hydrogen-bond acceptors (Lipinski definition) is 4. The number of aromatic nitrogens is 3. The molecular formula is C26H18N3O2Pt-. The number of carboxylic acid groups (broad SMARTS) is 1. The topological polar surface area (TPSA) is 76.0 Å². The third-order valence-corrected chi connectivity index (χ3v) is 4.47. The molecule has 3 aromatic carbocycles. The summed E-state index contributed by atoms with van der Waals surface area (Å²) in [5.74, 6) is -0.990. The van der Waals surface area contributed by atoms with Gasteiger partial charge in [-0.25, -0.2) is 9.78 Å². The molecule has 6 heteroatoms. The molecule has 0 fully saturated rings. The molecule has 0 spiro atoms. The van der Waals surface area contributed by atoms with E-state index < -0.39 is 5.97 Å². The van der Waals surface area contributed by atoms with Crippen LogP contribution >= 0.6 is 0 Å². The summed E-state index contributed by atoms with van der Waals surface area (Å²) in [6.07, 6.45) is 1.45. The number of hydrogen-bond donors (Lipinski definition) is 1. The van der Waals surface area contributed by atoms with Gasteiger partial charge in [-0.1, -0.05) is 48.5 Å². The van der Waals surface area contributed by atoms with Gasteiger partial charge in [0.25, 0.3) is 0 Å². The van der Waals surface area contributed by atoms with Crippen molar-refractivity contribution in [2.45, 2.75) is 0 Å². The van der Waals surface area contributed by atoms with Gasteiger partial charge < -0.3 is 5.11 Å². The molecule has 0 aliphatic heterocycles. The van der Waals surface area contributed by atoms with Gasteiger partial charge in [0.2, 0.25) is 0 Å². The summed E-state index contributed by atoms with van der Waals surface area (Å²) in [5, 5.41) is 8.32. The van der Waals surface area contributed by atoms with Gasteiger partial charge in [0.05, 0.1) is 16.7 Å². The summed E-state index contributed by atoms with van der Waals surface area (Å²) in [5.41, 5.74) is 5.66.